The molecular weight excluding hydrogens is 263 g/mol. The van der Waals surface area contributed by atoms with Crippen molar-refractivity contribution >= 4 is 17.5 Å². The van der Waals surface area contributed by atoms with Gasteiger partial charge in [-0.3, -0.25) is 14.4 Å². The summed E-state index contributed by atoms with van der Waals surface area (Å²) in [5.74, 6) is -1.35. The molecule has 0 aliphatic rings. The number of hydrogen-bond acceptors (Lipinski definition) is 3. The van der Waals surface area contributed by atoms with Crippen molar-refractivity contribution in [3.8, 4) is 0 Å². The Bertz CT molecular complexity index is 189. The Kier molecular flexibility index (Phi) is 17.5. The van der Waals surface area contributed by atoms with E-state index in [1.54, 1.807) is 6.92 Å². The van der Waals surface area contributed by atoms with E-state index in [4.69, 9.17) is 5.11 Å². The summed E-state index contributed by atoms with van der Waals surface area (Å²) in [6, 6.07) is 0. The number of aliphatic carboxylic acids is 1. The van der Waals surface area contributed by atoms with Crippen molar-refractivity contribution in [2.45, 2.75) is 40.0 Å². The third-order valence-electron chi connectivity index (χ3n) is 1.18. The number of rotatable bonds is 4. The number of ketones is 2. The molecule has 0 spiro atoms. The van der Waals surface area contributed by atoms with Crippen LogP contribution in [-0.4, -0.2) is 22.6 Å². The Balaban J connectivity index is -0.000000163. The first kappa shape index (κ1) is 19.3. The normalized spacial score (nSPS) is 7.64. The van der Waals surface area contributed by atoms with Crippen LogP contribution in [0.5, 0.6) is 0 Å². The van der Waals surface area contributed by atoms with Crippen LogP contribution in [0, 0.1) is 0 Å². The third kappa shape index (κ3) is 17.7. The monoisotopic (exact) mass is 278 g/mol. The van der Waals surface area contributed by atoms with Crippen molar-refractivity contribution < 1.29 is 45.7 Å². The summed E-state index contributed by atoms with van der Waals surface area (Å²) in [6.07, 6.45) is 1.35. The maximum Gasteiger partial charge on any atom is 0.303 e. The quantitative estimate of drug-likeness (QED) is 0.790. The minimum absolute atomic E-state index is 0. The Morgan fingerprint density at radius 1 is 1.14 bits per heavy atom. The molecule has 0 aliphatic carbocycles. The molecule has 0 bridgehead atoms. The fraction of sp³-hybridized carbons (Fsp3) is 0.667. The summed E-state index contributed by atoms with van der Waals surface area (Å²) in [5.41, 5.74) is 0. The first-order chi connectivity index (χ1) is 5.95. The summed E-state index contributed by atoms with van der Waals surface area (Å²) >= 11 is 0. The van der Waals surface area contributed by atoms with Gasteiger partial charge < -0.3 is 5.11 Å². The molecule has 0 rings (SSSR count). The Morgan fingerprint density at radius 2 is 1.57 bits per heavy atom. The second-order valence-electron chi connectivity index (χ2n) is 2.48. The minimum atomic E-state index is -0.711. The zero-order valence-electron chi connectivity index (χ0n) is 8.79. The smallest absolute Gasteiger partial charge is 0.303 e. The molecule has 0 amide bonds. The van der Waals surface area contributed by atoms with E-state index in [2.05, 4.69) is 0 Å². The maximum atomic E-state index is 10.2. The van der Waals surface area contributed by atoms with Crippen molar-refractivity contribution in [1.82, 2.24) is 0 Å². The fourth-order valence-electron chi connectivity index (χ4n) is 0.463. The summed E-state index contributed by atoms with van der Waals surface area (Å²) in [7, 11) is 0. The van der Waals surface area contributed by atoms with Crippen molar-refractivity contribution in [3.05, 3.63) is 0 Å². The van der Waals surface area contributed by atoms with E-state index < -0.39 is 5.97 Å². The van der Waals surface area contributed by atoms with Crippen LogP contribution in [0.1, 0.15) is 40.0 Å². The summed E-state index contributed by atoms with van der Waals surface area (Å²) in [4.78, 5) is 29.8. The molecular formula is C9H16O4Zr. The van der Waals surface area contributed by atoms with Gasteiger partial charge >= 0.3 is 5.97 Å². The van der Waals surface area contributed by atoms with Gasteiger partial charge in [-0.2, -0.15) is 0 Å². The van der Waals surface area contributed by atoms with Crippen LogP contribution in [0.25, 0.3) is 0 Å². The van der Waals surface area contributed by atoms with Gasteiger partial charge in [-0.1, -0.05) is 13.8 Å². The van der Waals surface area contributed by atoms with Crippen LogP contribution in [0.2, 0.25) is 0 Å². The molecule has 0 fully saturated rings. The first-order valence-corrected chi connectivity index (χ1v) is 4.21. The molecule has 0 saturated carbocycles. The van der Waals surface area contributed by atoms with E-state index in [9.17, 15) is 14.4 Å². The second kappa shape index (κ2) is 12.7. The number of carbonyl (C=O) groups is 3. The van der Waals surface area contributed by atoms with Gasteiger partial charge in [0.05, 0.1) is 0 Å². The van der Waals surface area contributed by atoms with Crippen molar-refractivity contribution in [2.75, 3.05) is 0 Å². The van der Waals surface area contributed by atoms with Crippen LogP contribution in [0.4, 0.5) is 0 Å². The average Bonchev–Trinajstić information content (AvgIpc) is 2.03. The third-order valence-corrected chi connectivity index (χ3v) is 1.18. The maximum absolute atomic E-state index is 10.2. The van der Waals surface area contributed by atoms with E-state index in [1.807, 2.05) is 6.92 Å². The van der Waals surface area contributed by atoms with Crippen LogP contribution >= 0.6 is 0 Å². The van der Waals surface area contributed by atoms with E-state index in [0.29, 0.717) is 12.8 Å². The molecule has 0 atom stereocenters. The Hall–Kier alpha value is -0.307. The molecule has 0 aliphatic heterocycles. The van der Waals surface area contributed by atoms with Gasteiger partial charge in [0.1, 0.15) is 0 Å². The summed E-state index contributed by atoms with van der Waals surface area (Å²) in [6.45, 7) is 4.80. The van der Waals surface area contributed by atoms with E-state index in [1.165, 1.54) is 6.92 Å². The Morgan fingerprint density at radius 3 is 1.57 bits per heavy atom. The van der Waals surface area contributed by atoms with Crippen LogP contribution in [0.15, 0.2) is 0 Å². The molecule has 0 radical (unpaired) electrons. The average molecular weight is 279 g/mol. The van der Waals surface area contributed by atoms with Crippen LogP contribution < -0.4 is 0 Å². The van der Waals surface area contributed by atoms with Gasteiger partial charge in [-0.25, -0.2) is 0 Å². The Labute approximate surface area is 103 Å². The number of carbonyl (C=O) groups excluding carboxylic acids is 2. The van der Waals surface area contributed by atoms with Crippen LogP contribution in [0.3, 0.4) is 0 Å². The van der Waals surface area contributed by atoms with Gasteiger partial charge in [0.15, 0.2) is 11.6 Å². The largest absolute Gasteiger partial charge is 0.481 e. The van der Waals surface area contributed by atoms with E-state index >= 15 is 0 Å². The predicted molar refractivity (Wildman–Crippen MR) is 48.5 cm³/mol. The molecule has 80 valence electrons. The molecule has 0 heterocycles. The van der Waals surface area contributed by atoms with Crippen LogP contribution in [-0.2, 0) is 40.6 Å². The number of carboxylic acid groups (broad SMARTS) is 1. The van der Waals surface area contributed by atoms with Crippen molar-refractivity contribution in [3.63, 3.8) is 0 Å². The molecule has 5 heteroatoms. The van der Waals surface area contributed by atoms with E-state index in [-0.39, 0.29) is 37.8 Å². The fourth-order valence-corrected chi connectivity index (χ4v) is 0.463. The zero-order chi connectivity index (χ0) is 10.9. The van der Waals surface area contributed by atoms with Gasteiger partial charge in [0, 0.05) is 46.0 Å². The van der Waals surface area contributed by atoms with Gasteiger partial charge in [-0.05, 0) is 6.42 Å². The van der Waals surface area contributed by atoms with E-state index in [0.717, 1.165) is 6.42 Å². The summed E-state index contributed by atoms with van der Waals surface area (Å²) < 4.78 is 0. The molecule has 0 aromatic heterocycles. The molecule has 0 aromatic rings. The number of Topliss-reactive ketones (excluding diaryl/α,β-unsaturated/α-hetero) is 2. The number of carboxylic acids is 1. The first-order valence-electron chi connectivity index (χ1n) is 4.21. The summed E-state index contributed by atoms with van der Waals surface area (Å²) in [5, 5.41) is 7.91. The van der Waals surface area contributed by atoms with Crippen molar-refractivity contribution in [2.24, 2.45) is 0 Å². The second-order valence-corrected chi connectivity index (χ2v) is 2.48. The van der Waals surface area contributed by atoms with Gasteiger partial charge in [-0.15, -0.1) is 0 Å². The molecule has 0 unspecified atom stereocenters. The molecule has 0 saturated heterocycles. The van der Waals surface area contributed by atoms with Gasteiger partial charge in [0.2, 0.25) is 0 Å². The molecule has 1 N–H and O–H groups in total. The SMILES string of the molecule is CCC(=O)C(C)=O.CCCC(=O)O.[Zr]. The standard InChI is InChI=1S/C5H8O2.C4H8O2.Zr/c1-3-5(7)4(2)6;1-2-3-4(5)6;/h3H2,1-2H3;2-3H2,1H3,(H,5,6);. The topological polar surface area (TPSA) is 71.4 Å². The molecule has 0 aromatic carbocycles. The van der Waals surface area contributed by atoms with Gasteiger partial charge in [0.25, 0.3) is 0 Å². The zero-order valence-corrected chi connectivity index (χ0v) is 11.3. The molecule has 14 heavy (non-hydrogen) atoms. The predicted octanol–water partition coefficient (Wildman–Crippen LogP) is 1.42. The minimum Gasteiger partial charge on any atom is -0.481 e. The van der Waals surface area contributed by atoms with Crippen molar-refractivity contribution in [1.29, 1.82) is 0 Å². The number of hydrogen-bond donors (Lipinski definition) is 1. The molecule has 4 nitrogen and oxygen atoms in total.